The number of ether oxygens (including phenoxy) is 1. The molecule has 1 aliphatic rings. The van der Waals surface area contributed by atoms with E-state index in [0.717, 1.165) is 38.4 Å². The minimum Gasteiger partial charge on any atom is -0.371 e. The van der Waals surface area contributed by atoms with Crippen LogP contribution in [-0.4, -0.2) is 46.1 Å². The smallest absolute Gasteiger partial charge is 0.0954 e. The molecule has 2 aromatic rings. The van der Waals surface area contributed by atoms with E-state index in [-0.39, 0.29) is 6.10 Å². The van der Waals surface area contributed by atoms with Crippen molar-refractivity contribution in [2.24, 2.45) is 7.05 Å². The van der Waals surface area contributed by atoms with Crippen LogP contribution in [0.1, 0.15) is 22.9 Å². The van der Waals surface area contributed by atoms with Crippen molar-refractivity contribution in [2.75, 3.05) is 26.2 Å². The van der Waals surface area contributed by atoms with Gasteiger partial charge >= 0.3 is 0 Å². The summed E-state index contributed by atoms with van der Waals surface area (Å²) in [5, 5.41) is 8.12. The molecule has 0 bridgehead atoms. The van der Waals surface area contributed by atoms with Gasteiger partial charge in [0.1, 0.15) is 0 Å². The quantitative estimate of drug-likeness (QED) is 0.858. The molecule has 0 spiro atoms. The topological polar surface area (TPSA) is 43.2 Å². The number of rotatable bonds is 4. The third kappa shape index (κ3) is 3.49. The molecule has 112 valence electrons. The number of aryl methyl sites for hydroxylation is 2. The van der Waals surface area contributed by atoms with E-state index in [4.69, 9.17) is 4.74 Å². The zero-order valence-corrected chi connectivity index (χ0v) is 12.7. The Hall–Kier alpha value is -1.72. The van der Waals surface area contributed by atoms with E-state index in [1.54, 1.807) is 4.68 Å². The lowest BCUT2D eigenvalue weighted by Crippen LogP contribution is -2.39. The summed E-state index contributed by atoms with van der Waals surface area (Å²) in [4.78, 5) is 2.45. The summed E-state index contributed by atoms with van der Waals surface area (Å²) in [6, 6.07) is 8.49. The lowest BCUT2D eigenvalue weighted by molar-refractivity contribution is -0.0299. The standard InChI is InChI=1S/C16H22N4O/c1-13-5-3-4-6-15(13)16-12-20(9-10-21-16)8-7-14-11-19(2)18-17-14/h3-6,11,16H,7-10,12H2,1-2H3. The predicted molar refractivity (Wildman–Crippen MR) is 81.0 cm³/mol. The van der Waals surface area contributed by atoms with Crippen LogP contribution in [0.3, 0.4) is 0 Å². The Labute approximate surface area is 125 Å². The van der Waals surface area contributed by atoms with Crippen LogP contribution in [0.15, 0.2) is 30.5 Å². The first kappa shape index (κ1) is 14.2. The van der Waals surface area contributed by atoms with E-state index in [9.17, 15) is 0 Å². The van der Waals surface area contributed by atoms with Crippen LogP contribution in [0.2, 0.25) is 0 Å². The van der Waals surface area contributed by atoms with Gasteiger partial charge in [0.05, 0.1) is 18.4 Å². The van der Waals surface area contributed by atoms with Crippen LogP contribution in [0.5, 0.6) is 0 Å². The Morgan fingerprint density at radius 2 is 2.19 bits per heavy atom. The van der Waals surface area contributed by atoms with Crippen molar-refractivity contribution in [1.29, 1.82) is 0 Å². The summed E-state index contributed by atoms with van der Waals surface area (Å²) in [6.07, 6.45) is 3.11. The first-order chi connectivity index (χ1) is 10.2. The molecule has 1 atom stereocenters. The zero-order valence-electron chi connectivity index (χ0n) is 12.7. The van der Waals surface area contributed by atoms with Crippen molar-refractivity contribution < 1.29 is 4.74 Å². The molecule has 0 N–H and O–H groups in total. The number of benzene rings is 1. The van der Waals surface area contributed by atoms with Crippen LogP contribution < -0.4 is 0 Å². The van der Waals surface area contributed by atoms with Gasteiger partial charge in [0.2, 0.25) is 0 Å². The lowest BCUT2D eigenvalue weighted by Gasteiger charge is -2.33. The average Bonchev–Trinajstić information content (AvgIpc) is 2.92. The van der Waals surface area contributed by atoms with E-state index >= 15 is 0 Å². The summed E-state index contributed by atoms with van der Waals surface area (Å²) in [5.74, 6) is 0. The molecule has 1 unspecified atom stereocenters. The molecular weight excluding hydrogens is 264 g/mol. The van der Waals surface area contributed by atoms with Crippen molar-refractivity contribution in [3.8, 4) is 0 Å². The van der Waals surface area contributed by atoms with Gasteiger partial charge in [-0.25, -0.2) is 0 Å². The molecule has 0 radical (unpaired) electrons. The maximum Gasteiger partial charge on any atom is 0.0954 e. The maximum absolute atomic E-state index is 5.96. The Morgan fingerprint density at radius 1 is 1.33 bits per heavy atom. The Morgan fingerprint density at radius 3 is 2.95 bits per heavy atom. The molecule has 1 aliphatic heterocycles. The molecule has 5 nitrogen and oxygen atoms in total. The summed E-state index contributed by atoms with van der Waals surface area (Å²) < 4.78 is 7.71. The monoisotopic (exact) mass is 286 g/mol. The first-order valence-corrected chi connectivity index (χ1v) is 7.47. The van der Waals surface area contributed by atoms with Gasteiger partial charge in [-0.1, -0.05) is 29.5 Å². The molecule has 0 amide bonds. The normalized spacial score (nSPS) is 19.8. The summed E-state index contributed by atoms with van der Waals surface area (Å²) >= 11 is 0. The zero-order chi connectivity index (χ0) is 14.7. The number of morpholine rings is 1. The van der Waals surface area contributed by atoms with E-state index in [2.05, 4.69) is 46.4 Å². The van der Waals surface area contributed by atoms with E-state index in [1.165, 1.54) is 11.1 Å². The molecule has 21 heavy (non-hydrogen) atoms. The van der Waals surface area contributed by atoms with Crippen LogP contribution in [0.25, 0.3) is 0 Å². The van der Waals surface area contributed by atoms with Gasteiger partial charge in [0.25, 0.3) is 0 Å². The van der Waals surface area contributed by atoms with Gasteiger partial charge < -0.3 is 4.74 Å². The second-order valence-corrected chi connectivity index (χ2v) is 5.65. The maximum atomic E-state index is 5.96. The minimum atomic E-state index is 0.182. The molecule has 0 saturated carbocycles. The molecule has 1 aromatic carbocycles. The Balaban J connectivity index is 1.59. The fraction of sp³-hybridized carbons (Fsp3) is 0.500. The second kappa shape index (κ2) is 6.37. The summed E-state index contributed by atoms with van der Waals surface area (Å²) in [5.41, 5.74) is 3.66. The molecule has 1 aromatic heterocycles. The summed E-state index contributed by atoms with van der Waals surface area (Å²) in [6.45, 7) is 5.88. The van der Waals surface area contributed by atoms with Crippen LogP contribution in [-0.2, 0) is 18.2 Å². The molecule has 5 heteroatoms. The highest BCUT2D eigenvalue weighted by Crippen LogP contribution is 2.24. The molecule has 0 aliphatic carbocycles. The Bertz CT molecular complexity index is 595. The molecule has 1 fully saturated rings. The molecular formula is C16H22N4O. The van der Waals surface area contributed by atoms with E-state index in [1.807, 2.05) is 13.2 Å². The van der Waals surface area contributed by atoms with Gasteiger partial charge in [-0.15, -0.1) is 5.10 Å². The third-order valence-corrected chi connectivity index (χ3v) is 4.02. The SMILES string of the molecule is Cc1ccccc1C1CN(CCc2cn(C)nn2)CCO1. The fourth-order valence-electron chi connectivity index (χ4n) is 2.82. The highest BCUT2D eigenvalue weighted by molar-refractivity contribution is 5.28. The Kier molecular flexibility index (Phi) is 4.31. The van der Waals surface area contributed by atoms with Crippen molar-refractivity contribution in [2.45, 2.75) is 19.4 Å². The second-order valence-electron chi connectivity index (χ2n) is 5.65. The van der Waals surface area contributed by atoms with Gasteiger partial charge in [-0.2, -0.15) is 0 Å². The number of hydrogen-bond donors (Lipinski definition) is 0. The van der Waals surface area contributed by atoms with E-state index < -0.39 is 0 Å². The molecule has 1 saturated heterocycles. The summed E-state index contributed by atoms with van der Waals surface area (Å²) in [7, 11) is 1.90. The number of hydrogen-bond acceptors (Lipinski definition) is 4. The van der Waals surface area contributed by atoms with Crippen molar-refractivity contribution >= 4 is 0 Å². The van der Waals surface area contributed by atoms with Gasteiger partial charge in [0.15, 0.2) is 0 Å². The highest BCUT2D eigenvalue weighted by atomic mass is 16.5. The van der Waals surface area contributed by atoms with Crippen LogP contribution in [0, 0.1) is 6.92 Å². The third-order valence-electron chi connectivity index (χ3n) is 4.02. The largest absolute Gasteiger partial charge is 0.371 e. The number of nitrogens with zero attached hydrogens (tertiary/aromatic N) is 4. The van der Waals surface area contributed by atoms with Gasteiger partial charge in [-0.3, -0.25) is 9.58 Å². The molecule has 2 heterocycles. The van der Waals surface area contributed by atoms with Crippen molar-refractivity contribution in [3.63, 3.8) is 0 Å². The average molecular weight is 286 g/mol. The van der Waals surface area contributed by atoms with Gasteiger partial charge in [-0.05, 0) is 18.1 Å². The van der Waals surface area contributed by atoms with Crippen LogP contribution >= 0.6 is 0 Å². The van der Waals surface area contributed by atoms with Crippen LogP contribution in [0.4, 0.5) is 0 Å². The number of aromatic nitrogens is 3. The van der Waals surface area contributed by atoms with Crippen molar-refractivity contribution in [1.82, 2.24) is 19.9 Å². The fourth-order valence-corrected chi connectivity index (χ4v) is 2.82. The van der Waals surface area contributed by atoms with Gasteiger partial charge in [0, 0.05) is 39.3 Å². The highest BCUT2D eigenvalue weighted by Gasteiger charge is 2.22. The van der Waals surface area contributed by atoms with E-state index in [0.29, 0.717) is 0 Å². The first-order valence-electron chi connectivity index (χ1n) is 7.47. The predicted octanol–water partition coefficient (Wildman–Crippen LogP) is 1.74. The van der Waals surface area contributed by atoms with Crippen molar-refractivity contribution in [3.05, 3.63) is 47.3 Å². The molecule has 3 rings (SSSR count). The minimum absolute atomic E-state index is 0.182. The lowest BCUT2D eigenvalue weighted by atomic mass is 10.0.